The van der Waals surface area contributed by atoms with E-state index in [1.807, 2.05) is 19.9 Å². The molecule has 2 aliphatic heterocycles. The third-order valence-electron chi connectivity index (χ3n) is 11.2. The number of rotatable bonds is 10. The Kier molecular flexibility index (Phi) is 12.0. The molecule has 0 spiro atoms. The quantitative estimate of drug-likeness (QED) is 0.287. The van der Waals surface area contributed by atoms with Gasteiger partial charge in [-0.25, -0.2) is 22.6 Å². The summed E-state index contributed by atoms with van der Waals surface area (Å²) in [5.74, 6) is -1.81. The highest BCUT2D eigenvalue weighted by Gasteiger charge is 2.64. The molecule has 6 unspecified atom stereocenters. The summed E-state index contributed by atoms with van der Waals surface area (Å²) in [5, 5.41) is 6.87. The number of hydrogen-bond donors (Lipinski definition) is 3. The molecule has 57 heavy (non-hydrogen) atoms. The highest BCUT2D eigenvalue weighted by Crippen LogP contribution is 2.48. The molecule has 3 heterocycles. The number of methoxy groups -OCH3 is 1. The van der Waals surface area contributed by atoms with Crippen molar-refractivity contribution in [3.63, 3.8) is 0 Å². The SMILES string of the molecule is CCOc1cnc(OC2CC3C(=O)NC4(C(=O)NS(=O)(=O)C5(CF)CC5)CC4C=CCCCCC(C)C(NC(=O)OC(C)(C)C)C(=O)N3C2)c2ccc(OC)cc12. The van der Waals surface area contributed by atoms with Crippen molar-refractivity contribution >= 4 is 44.6 Å². The van der Waals surface area contributed by atoms with Crippen LogP contribution in [0.2, 0.25) is 0 Å². The Bertz CT molecular complexity index is 2020. The van der Waals surface area contributed by atoms with Crippen molar-refractivity contribution in [3.05, 3.63) is 36.5 Å². The molecule has 3 N–H and O–H groups in total. The van der Waals surface area contributed by atoms with Gasteiger partial charge in [-0.15, -0.1) is 0 Å². The number of nitrogens with one attached hydrogen (secondary N) is 3. The Morgan fingerprint density at radius 1 is 1.14 bits per heavy atom. The van der Waals surface area contributed by atoms with E-state index in [2.05, 4.69) is 20.3 Å². The lowest BCUT2D eigenvalue weighted by Crippen LogP contribution is -2.59. The van der Waals surface area contributed by atoms with Crippen LogP contribution in [0.4, 0.5) is 9.18 Å². The Balaban J connectivity index is 1.35. The fourth-order valence-electron chi connectivity index (χ4n) is 7.63. The van der Waals surface area contributed by atoms with Gasteiger partial charge in [-0.3, -0.25) is 19.1 Å². The van der Waals surface area contributed by atoms with Crippen LogP contribution in [-0.2, 0) is 29.1 Å². The number of pyridine rings is 1. The van der Waals surface area contributed by atoms with Gasteiger partial charge in [0.25, 0.3) is 5.91 Å². The van der Waals surface area contributed by atoms with Crippen molar-refractivity contribution in [1.82, 2.24) is 25.2 Å². The molecule has 17 heteroatoms. The number of ether oxygens (including phenoxy) is 4. The Morgan fingerprint density at radius 3 is 2.56 bits per heavy atom. The fraction of sp³-hybridized carbons (Fsp3) is 0.625. The molecule has 1 aromatic carbocycles. The zero-order valence-electron chi connectivity index (χ0n) is 33.4. The van der Waals surface area contributed by atoms with E-state index in [0.29, 0.717) is 48.1 Å². The first-order valence-electron chi connectivity index (χ1n) is 19.6. The topological polar surface area (TPSA) is 192 Å². The van der Waals surface area contributed by atoms with Crippen LogP contribution in [0.3, 0.4) is 0 Å². The molecule has 15 nitrogen and oxygen atoms in total. The summed E-state index contributed by atoms with van der Waals surface area (Å²) in [7, 11) is -2.84. The zero-order valence-corrected chi connectivity index (χ0v) is 34.2. The maximum atomic E-state index is 14.7. The van der Waals surface area contributed by atoms with Crippen molar-refractivity contribution in [2.75, 3.05) is 26.9 Å². The number of allylic oxidation sites excluding steroid dienone is 1. The van der Waals surface area contributed by atoms with Gasteiger partial charge in [0.2, 0.25) is 27.7 Å². The number of hydrogen-bond acceptors (Lipinski definition) is 11. The molecule has 3 fully saturated rings. The molecule has 2 aliphatic carbocycles. The highest BCUT2D eigenvalue weighted by molar-refractivity contribution is 7.91. The fourth-order valence-corrected chi connectivity index (χ4v) is 9.06. The first-order chi connectivity index (χ1) is 27.0. The van der Waals surface area contributed by atoms with Gasteiger partial charge in [-0.2, -0.15) is 0 Å². The van der Waals surface area contributed by atoms with Gasteiger partial charge in [-0.05, 0) is 90.3 Å². The summed E-state index contributed by atoms with van der Waals surface area (Å²) in [6.45, 7) is 8.01. The van der Waals surface area contributed by atoms with E-state index in [1.54, 1.807) is 52.2 Å². The summed E-state index contributed by atoms with van der Waals surface area (Å²) in [5.41, 5.74) is -2.50. The molecule has 1 saturated heterocycles. The van der Waals surface area contributed by atoms with Gasteiger partial charge in [0.15, 0.2) is 0 Å². The number of aromatic nitrogens is 1. The predicted octanol–water partition coefficient (Wildman–Crippen LogP) is 4.47. The number of halogens is 1. The predicted molar refractivity (Wildman–Crippen MR) is 208 cm³/mol. The van der Waals surface area contributed by atoms with Crippen LogP contribution in [0.25, 0.3) is 10.8 Å². The van der Waals surface area contributed by atoms with Crippen LogP contribution in [-0.4, -0.2) is 103 Å². The lowest BCUT2D eigenvalue weighted by atomic mass is 9.93. The minimum Gasteiger partial charge on any atom is -0.497 e. The van der Waals surface area contributed by atoms with E-state index < -0.39 is 80.5 Å². The molecule has 0 bridgehead atoms. The largest absolute Gasteiger partial charge is 0.497 e. The molecule has 2 aromatic rings. The zero-order chi connectivity index (χ0) is 41.3. The second-order valence-corrected chi connectivity index (χ2v) is 18.7. The lowest BCUT2D eigenvalue weighted by Gasteiger charge is -2.32. The Hall–Kier alpha value is -4.67. The molecule has 6 rings (SSSR count). The van der Waals surface area contributed by atoms with Gasteiger partial charge >= 0.3 is 6.09 Å². The first-order valence-corrected chi connectivity index (χ1v) is 21.1. The summed E-state index contributed by atoms with van der Waals surface area (Å²) in [4.78, 5) is 62.2. The summed E-state index contributed by atoms with van der Waals surface area (Å²) < 4.78 is 63.9. The molecular weight excluding hydrogens is 762 g/mol. The van der Waals surface area contributed by atoms with Gasteiger partial charge in [-0.1, -0.05) is 25.5 Å². The van der Waals surface area contributed by atoms with Crippen molar-refractivity contribution in [2.24, 2.45) is 11.8 Å². The normalized spacial score (nSPS) is 27.5. The van der Waals surface area contributed by atoms with Gasteiger partial charge in [0, 0.05) is 23.1 Å². The van der Waals surface area contributed by atoms with E-state index in [9.17, 15) is 32.0 Å². The number of alkyl carbamates (subject to hydrolysis) is 1. The summed E-state index contributed by atoms with van der Waals surface area (Å²) in [6.07, 6.45) is 6.53. The van der Waals surface area contributed by atoms with Crippen molar-refractivity contribution in [3.8, 4) is 17.4 Å². The average molecular weight is 816 g/mol. The number of sulfonamides is 1. The molecule has 312 valence electrons. The van der Waals surface area contributed by atoms with Gasteiger partial charge < -0.3 is 34.5 Å². The first kappa shape index (κ1) is 41.9. The number of nitrogens with zero attached hydrogens (tertiary/aromatic N) is 2. The van der Waals surface area contributed by atoms with Crippen LogP contribution in [0.15, 0.2) is 36.5 Å². The Morgan fingerprint density at radius 2 is 1.89 bits per heavy atom. The summed E-state index contributed by atoms with van der Waals surface area (Å²) >= 11 is 0. The second-order valence-electron chi connectivity index (χ2n) is 16.6. The molecule has 2 saturated carbocycles. The number of alkyl halides is 1. The number of carbonyl (C=O) groups is 4. The lowest BCUT2D eigenvalue weighted by molar-refractivity contribution is -0.142. The number of fused-ring (bicyclic) bond motifs is 3. The second kappa shape index (κ2) is 16.3. The number of carbonyl (C=O) groups excluding carboxylic acids is 4. The third kappa shape index (κ3) is 8.92. The number of benzene rings is 1. The monoisotopic (exact) mass is 815 g/mol. The van der Waals surface area contributed by atoms with Gasteiger partial charge in [0.1, 0.15) is 52.2 Å². The summed E-state index contributed by atoms with van der Waals surface area (Å²) in [6, 6.07) is 3.03. The molecular formula is C40H54FN5O10S. The molecule has 0 radical (unpaired) electrons. The van der Waals surface area contributed by atoms with Crippen LogP contribution in [0.5, 0.6) is 17.4 Å². The van der Waals surface area contributed by atoms with Crippen LogP contribution in [0.1, 0.15) is 86.0 Å². The average Bonchev–Trinajstić information content (AvgIpc) is 4.06. The van der Waals surface area contributed by atoms with Crippen LogP contribution >= 0.6 is 0 Å². The molecule has 4 aliphatic rings. The molecule has 6 atom stereocenters. The van der Waals surface area contributed by atoms with E-state index in [0.717, 1.165) is 6.42 Å². The third-order valence-corrected chi connectivity index (χ3v) is 13.3. The smallest absolute Gasteiger partial charge is 0.408 e. The van der Waals surface area contributed by atoms with Crippen molar-refractivity contribution < 1.29 is 50.9 Å². The number of amides is 4. The van der Waals surface area contributed by atoms with Crippen molar-refractivity contribution in [1.29, 1.82) is 0 Å². The van der Waals surface area contributed by atoms with Crippen LogP contribution in [0, 0.1) is 11.8 Å². The van der Waals surface area contributed by atoms with E-state index in [4.69, 9.17) is 18.9 Å². The van der Waals surface area contributed by atoms with Crippen molar-refractivity contribution in [2.45, 2.75) is 120 Å². The molecule has 1 aromatic heterocycles. The van der Waals surface area contributed by atoms with E-state index in [1.165, 1.54) is 11.1 Å². The minimum atomic E-state index is -4.39. The van der Waals surface area contributed by atoms with E-state index >= 15 is 0 Å². The maximum absolute atomic E-state index is 14.7. The van der Waals surface area contributed by atoms with Crippen LogP contribution < -0.4 is 29.6 Å². The maximum Gasteiger partial charge on any atom is 0.408 e. The molecule has 4 amide bonds. The van der Waals surface area contributed by atoms with Gasteiger partial charge in [0.05, 0.1) is 26.5 Å². The van der Waals surface area contributed by atoms with E-state index in [-0.39, 0.29) is 44.0 Å². The minimum absolute atomic E-state index is 0.0287. The standard InChI is InChI=1S/C40H54FN5O10S/c1-7-54-31-21-42-34(28-15-14-26(53-6)18-29(28)31)55-27-19-30-33(47)44-40(36(49)45-57(51,52)39(23-41)16-17-39)20-25(40)13-11-9-8-10-12-24(2)32(35(48)46(30)22-27)43-37(50)56-38(3,4)5/h11,13-15,18,21,24-25,27,30,32H,7-10,12,16-17,19-20,22-23H2,1-6H3,(H,43,50)(H,44,47)(H,45,49). The highest BCUT2D eigenvalue weighted by atomic mass is 32.2. The Labute approximate surface area is 332 Å².